The molecule has 5 nitrogen and oxygen atoms in total. The minimum Gasteiger partial charge on any atom is -0.497 e. The first-order valence-corrected chi connectivity index (χ1v) is 13.7. The molecule has 1 unspecified atom stereocenters. The third kappa shape index (κ3) is 3.09. The van der Waals surface area contributed by atoms with Crippen molar-refractivity contribution in [1.82, 2.24) is 4.31 Å². The van der Waals surface area contributed by atoms with E-state index in [-0.39, 0.29) is 5.92 Å². The molecule has 2 bridgehead atoms. The average molecular weight is 490 g/mol. The Balaban J connectivity index is 1.44. The van der Waals surface area contributed by atoms with Crippen molar-refractivity contribution in [3.63, 3.8) is 0 Å². The van der Waals surface area contributed by atoms with E-state index in [9.17, 15) is 8.42 Å². The van der Waals surface area contributed by atoms with Gasteiger partial charge in [0.05, 0.1) is 12.0 Å². The smallest absolute Gasteiger partial charge is 0.243 e. The number of benzene rings is 3. The molecule has 0 aliphatic carbocycles. The van der Waals surface area contributed by atoms with E-state index in [0.29, 0.717) is 24.4 Å². The van der Waals surface area contributed by atoms with Gasteiger partial charge >= 0.3 is 0 Å². The lowest BCUT2D eigenvalue weighted by molar-refractivity contribution is -0.0965. The van der Waals surface area contributed by atoms with Crippen LogP contribution in [0.5, 0.6) is 5.75 Å². The number of methoxy groups -OCH3 is 1. The van der Waals surface area contributed by atoms with Crippen molar-refractivity contribution in [1.29, 1.82) is 0 Å². The summed E-state index contributed by atoms with van der Waals surface area (Å²) in [4.78, 5) is 0.361. The molecule has 0 saturated carbocycles. The van der Waals surface area contributed by atoms with Crippen LogP contribution in [-0.2, 0) is 26.0 Å². The number of sulfonamides is 1. The normalized spacial score (nSPS) is 27.5. The summed E-state index contributed by atoms with van der Waals surface area (Å²) < 4.78 is 41.4. The van der Waals surface area contributed by atoms with E-state index in [2.05, 4.69) is 50.2 Å². The van der Waals surface area contributed by atoms with E-state index in [1.807, 2.05) is 19.1 Å². The maximum absolute atomic E-state index is 13.5. The second-order valence-electron chi connectivity index (χ2n) is 10.3. The van der Waals surface area contributed by atoms with Crippen LogP contribution in [0.25, 0.3) is 0 Å². The lowest BCUT2D eigenvalue weighted by atomic mass is 9.65. The molecule has 6 heteroatoms. The first-order valence-electron chi connectivity index (χ1n) is 12.2. The first-order chi connectivity index (χ1) is 16.7. The Morgan fingerprint density at radius 3 is 2.29 bits per heavy atom. The maximum atomic E-state index is 13.5. The zero-order chi connectivity index (χ0) is 24.6. The molecule has 2 fully saturated rings. The van der Waals surface area contributed by atoms with Crippen LogP contribution in [0.15, 0.2) is 65.6 Å². The van der Waals surface area contributed by atoms with Crippen LogP contribution >= 0.6 is 0 Å². The molecule has 3 aliphatic heterocycles. The van der Waals surface area contributed by atoms with Crippen LogP contribution in [0.3, 0.4) is 0 Å². The molecular weight excluding hydrogens is 458 g/mol. The van der Waals surface area contributed by atoms with Crippen LogP contribution in [0.1, 0.15) is 46.2 Å². The summed E-state index contributed by atoms with van der Waals surface area (Å²) in [7, 11) is -1.87. The van der Waals surface area contributed by atoms with E-state index in [0.717, 1.165) is 28.9 Å². The van der Waals surface area contributed by atoms with Crippen molar-refractivity contribution in [2.24, 2.45) is 5.92 Å². The summed E-state index contributed by atoms with van der Waals surface area (Å²) >= 11 is 0. The number of fused-ring (bicyclic) bond motifs is 3. The predicted octanol–water partition coefficient (Wildman–Crippen LogP) is 5.20. The molecule has 3 aromatic carbocycles. The van der Waals surface area contributed by atoms with Gasteiger partial charge in [0.1, 0.15) is 17.0 Å². The van der Waals surface area contributed by atoms with Crippen LogP contribution in [0.2, 0.25) is 0 Å². The Hall–Kier alpha value is -2.67. The third-order valence-corrected chi connectivity index (χ3v) is 10.2. The predicted molar refractivity (Wildman–Crippen MR) is 135 cm³/mol. The highest BCUT2D eigenvalue weighted by molar-refractivity contribution is 7.89. The number of rotatable bonds is 4. The first kappa shape index (κ1) is 22.8. The Kier molecular flexibility index (Phi) is 4.99. The Morgan fingerprint density at radius 1 is 0.971 bits per heavy atom. The molecule has 3 aliphatic rings. The van der Waals surface area contributed by atoms with Gasteiger partial charge in [0.2, 0.25) is 10.0 Å². The fourth-order valence-electron chi connectivity index (χ4n) is 6.87. The van der Waals surface area contributed by atoms with Crippen molar-refractivity contribution in [3.8, 4) is 5.75 Å². The molecule has 3 heterocycles. The Bertz CT molecular complexity index is 1410. The van der Waals surface area contributed by atoms with E-state index < -0.39 is 21.2 Å². The van der Waals surface area contributed by atoms with Gasteiger partial charge in [-0.05, 0) is 85.7 Å². The fraction of sp³-hybridized carbons (Fsp3) is 0.379. The molecule has 3 atom stereocenters. The monoisotopic (exact) mass is 489 g/mol. The van der Waals surface area contributed by atoms with Crippen LogP contribution < -0.4 is 4.74 Å². The topological polar surface area (TPSA) is 55.8 Å². The van der Waals surface area contributed by atoms with Gasteiger partial charge < -0.3 is 9.47 Å². The molecule has 2 saturated heterocycles. The summed E-state index contributed by atoms with van der Waals surface area (Å²) in [5, 5.41) is 0. The highest BCUT2D eigenvalue weighted by Crippen LogP contribution is 2.66. The van der Waals surface area contributed by atoms with Crippen molar-refractivity contribution in [2.45, 2.75) is 49.7 Å². The molecule has 6 rings (SSSR count). The minimum absolute atomic E-state index is 0.0762. The van der Waals surface area contributed by atoms with Gasteiger partial charge in [0.15, 0.2) is 0 Å². The molecule has 182 valence electrons. The average Bonchev–Trinajstić information content (AvgIpc) is 3.32. The number of hydrogen-bond donors (Lipinski definition) is 0. The van der Waals surface area contributed by atoms with Crippen LogP contribution in [0.4, 0.5) is 0 Å². The zero-order valence-electron chi connectivity index (χ0n) is 20.7. The maximum Gasteiger partial charge on any atom is 0.243 e. The molecule has 0 N–H and O–H groups in total. The number of aryl methyl sites for hydroxylation is 3. The van der Waals surface area contributed by atoms with Gasteiger partial charge in [-0.2, -0.15) is 4.31 Å². The second kappa shape index (κ2) is 7.66. The van der Waals surface area contributed by atoms with Crippen molar-refractivity contribution >= 4 is 10.0 Å². The number of piperidine rings is 1. The molecule has 35 heavy (non-hydrogen) atoms. The van der Waals surface area contributed by atoms with Gasteiger partial charge in [-0.25, -0.2) is 8.42 Å². The van der Waals surface area contributed by atoms with Gasteiger partial charge in [-0.15, -0.1) is 0 Å². The molecule has 1 spiro atoms. The fourth-order valence-corrected chi connectivity index (χ4v) is 8.35. The summed E-state index contributed by atoms with van der Waals surface area (Å²) in [6.07, 6.45) is 1.41. The van der Waals surface area contributed by atoms with E-state index in [4.69, 9.17) is 9.47 Å². The van der Waals surface area contributed by atoms with Crippen molar-refractivity contribution < 1.29 is 17.9 Å². The summed E-state index contributed by atoms with van der Waals surface area (Å²) in [5.74, 6) is 0.916. The lowest BCUT2D eigenvalue weighted by Gasteiger charge is -2.42. The van der Waals surface area contributed by atoms with E-state index >= 15 is 0 Å². The summed E-state index contributed by atoms with van der Waals surface area (Å²) in [6, 6.07) is 19.8. The third-order valence-electron chi connectivity index (χ3n) is 8.33. The quantitative estimate of drug-likeness (QED) is 0.505. The van der Waals surface area contributed by atoms with Gasteiger partial charge in [-0.3, -0.25) is 0 Å². The van der Waals surface area contributed by atoms with E-state index in [1.165, 1.54) is 16.7 Å². The SMILES string of the molecule is COc1cc(C)c([C@]23CC4CN(S(=O)(=O)c5ccc(C)cc5)CC[C@@]4(O2)c2ccccc23)c(C)c1. The highest BCUT2D eigenvalue weighted by atomic mass is 32.2. The number of ether oxygens (including phenoxy) is 2. The molecule has 3 aromatic rings. The standard InChI is InChI=1S/C29H31NO4S/c1-19-9-11-24(12-10-19)35(31,32)30-14-13-28-22(18-30)17-29(34-28,26-8-6-5-7-25(26)28)27-20(2)15-23(33-4)16-21(27)3/h5-12,15-16,22H,13-14,17-18H2,1-4H3/t22?,28-,29+/m0/s1. The van der Waals surface area contributed by atoms with Gasteiger partial charge in [0, 0.05) is 19.0 Å². The van der Waals surface area contributed by atoms with E-state index in [1.54, 1.807) is 23.5 Å². The highest BCUT2D eigenvalue weighted by Gasteiger charge is 2.67. The summed E-state index contributed by atoms with van der Waals surface area (Å²) in [6.45, 7) is 7.10. The van der Waals surface area contributed by atoms with Crippen LogP contribution in [0, 0.1) is 26.7 Å². The summed E-state index contributed by atoms with van der Waals surface area (Å²) in [5.41, 5.74) is 5.91. The molecule has 0 radical (unpaired) electrons. The lowest BCUT2D eigenvalue weighted by Crippen LogP contribution is -2.50. The zero-order valence-corrected chi connectivity index (χ0v) is 21.5. The Labute approximate surface area is 207 Å². The van der Waals surface area contributed by atoms with Crippen molar-refractivity contribution in [2.75, 3.05) is 20.2 Å². The van der Waals surface area contributed by atoms with Gasteiger partial charge in [0.25, 0.3) is 0 Å². The molecule has 0 aromatic heterocycles. The number of nitrogens with zero attached hydrogens (tertiary/aromatic N) is 1. The second-order valence-corrected chi connectivity index (χ2v) is 12.3. The largest absolute Gasteiger partial charge is 0.497 e. The van der Waals surface area contributed by atoms with Crippen LogP contribution in [-0.4, -0.2) is 32.9 Å². The Morgan fingerprint density at radius 2 is 1.63 bits per heavy atom. The molecule has 0 amide bonds. The number of hydrogen-bond acceptors (Lipinski definition) is 4. The van der Waals surface area contributed by atoms with Gasteiger partial charge in [-0.1, -0.05) is 42.0 Å². The van der Waals surface area contributed by atoms with Crippen molar-refractivity contribution in [3.05, 3.63) is 94.0 Å². The minimum atomic E-state index is -3.56. The molecular formula is C29H31NO4S.